The van der Waals surface area contributed by atoms with Crippen molar-refractivity contribution in [3.05, 3.63) is 65.5 Å². The Morgan fingerprint density at radius 2 is 1.84 bits per heavy atom. The van der Waals surface area contributed by atoms with Crippen molar-refractivity contribution in [1.82, 2.24) is 15.2 Å². The van der Waals surface area contributed by atoms with Crippen LogP contribution in [0.4, 0.5) is 4.39 Å². The lowest BCUT2D eigenvalue weighted by Gasteiger charge is -2.43. The van der Waals surface area contributed by atoms with Crippen LogP contribution in [0.3, 0.4) is 0 Å². The summed E-state index contributed by atoms with van der Waals surface area (Å²) in [6.45, 7) is 8.23. The second-order valence-corrected chi connectivity index (χ2v) is 14.7. The summed E-state index contributed by atoms with van der Waals surface area (Å²) < 4.78 is 13.8. The monoisotopic (exact) mass is 451 g/mol. The Labute approximate surface area is 189 Å². The predicted molar refractivity (Wildman–Crippen MR) is 129 cm³/mol. The van der Waals surface area contributed by atoms with Gasteiger partial charge in [-0.1, -0.05) is 24.3 Å². The van der Waals surface area contributed by atoms with Gasteiger partial charge in [-0.05, 0) is 42.9 Å². The Morgan fingerprint density at radius 1 is 1.12 bits per heavy atom. The zero-order chi connectivity index (χ0) is 22.7. The third-order valence-corrected chi connectivity index (χ3v) is 9.43. The van der Waals surface area contributed by atoms with Crippen molar-refractivity contribution in [3.8, 4) is 11.3 Å². The fourth-order valence-electron chi connectivity index (χ4n) is 4.15. The molecule has 2 aromatic carbocycles. The van der Waals surface area contributed by atoms with E-state index in [1.165, 1.54) is 42.9 Å². The first-order valence-electron chi connectivity index (χ1n) is 11.2. The maximum Gasteiger partial charge on any atom is 0.252 e. The average molecular weight is 452 g/mol. The normalized spacial score (nSPS) is 16.2. The van der Waals surface area contributed by atoms with Crippen molar-refractivity contribution in [2.24, 2.45) is 0 Å². The summed E-state index contributed by atoms with van der Waals surface area (Å²) in [6, 6.07) is 17.0. The number of fused-ring (bicyclic) bond motifs is 1. The van der Waals surface area contributed by atoms with Gasteiger partial charge in [-0.25, -0.2) is 9.37 Å². The number of aromatic nitrogens is 1. The summed E-state index contributed by atoms with van der Waals surface area (Å²) in [7, 11) is -0.972. The molecule has 1 fully saturated rings. The molecule has 0 aliphatic carbocycles. The molecule has 2 N–H and O–H groups in total. The Morgan fingerprint density at radius 3 is 2.53 bits per heavy atom. The molecule has 4 rings (SSSR count). The van der Waals surface area contributed by atoms with Crippen LogP contribution in [0, 0.1) is 5.82 Å². The fraction of sp³-hybridized carbons (Fsp3) is 0.360. The molecule has 1 saturated heterocycles. The second kappa shape index (κ2) is 9.48. The molecular formula is C25H30FN3O2Si-. The van der Waals surface area contributed by atoms with Crippen LogP contribution in [0.5, 0.6) is 0 Å². The van der Waals surface area contributed by atoms with Crippen molar-refractivity contribution >= 4 is 24.9 Å². The van der Waals surface area contributed by atoms with Gasteiger partial charge in [0.2, 0.25) is 0 Å². The predicted octanol–water partition coefficient (Wildman–Crippen LogP) is 4.29. The highest BCUT2D eigenvalue weighted by Gasteiger charge is 2.18. The maximum atomic E-state index is 13.8. The molecule has 0 saturated carbocycles. The van der Waals surface area contributed by atoms with E-state index >= 15 is 0 Å². The highest BCUT2D eigenvalue weighted by Crippen LogP contribution is 2.27. The third-order valence-electron chi connectivity index (χ3n) is 6.28. The number of pyridine rings is 1. The molecule has 1 aromatic heterocycles. The minimum atomic E-state index is -0.972. The first-order chi connectivity index (χ1) is 15.3. The number of rotatable bonds is 6. The molecule has 32 heavy (non-hydrogen) atoms. The minimum absolute atomic E-state index is 0.137. The molecule has 0 spiro atoms. The molecule has 0 radical (unpaired) electrons. The number of aliphatic hydroxyl groups excluding tert-OH is 1. The quantitative estimate of drug-likeness (QED) is 0.549. The van der Waals surface area contributed by atoms with Gasteiger partial charge in [0.1, 0.15) is 5.82 Å². The zero-order valence-electron chi connectivity index (χ0n) is 18.7. The van der Waals surface area contributed by atoms with Crippen LogP contribution in [0.2, 0.25) is 25.2 Å². The zero-order valence-corrected chi connectivity index (χ0v) is 19.7. The molecule has 0 bridgehead atoms. The van der Waals surface area contributed by atoms with Crippen molar-refractivity contribution in [2.45, 2.75) is 31.7 Å². The first kappa shape index (κ1) is 22.6. The van der Waals surface area contributed by atoms with Gasteiger partial charge in [0, 0.05) is 24.0 Å². The molecule has 1 aliphatic heterocycles. The van der Waals surface area contributed by atoms with Gasteiger partial charge in [0.25, 0.3) is 5.91 Å². The van der Waals surface area contributed by atoms with E-state index in [-0.39, 0.29) is 19.1 Å². The van der Waals surface area contributed by atoms with Crippen molar-refractivity contribution in [2.75, 3.05) is 26.2 Å². The lowest BCUT2D eigenvalue weighted by Crippen LogP contribution is -2.42. The number of benzene rings is 2. The summed E-state index contributed by atoms with van der Waals surface area (Å²) in [5, 5.41) is 12.1. The van der Waals surface area contributed by atoms with E-state index in [9.17, 15) is 9.18 Å². The number of halogens is 1. The molecular weight excluding hydrogens is 421 g/mol. The fourth-order valence-corrected chi connectivity index (χ4v) is 6.25. The van der Waals surface area contributed by atoms with E-state index in [4.69, 9.17) is 5.11 Å². The Hall–Kier alpha value is -2.61. The topological polar surface area (TPSA) is 65.5 Å². The molecule has 1 aliphatic rings. The van der Waals surface area contributed by atoms with Crippen LogP contribution in [0.15, 0.2) is 48.5 Å². The average Bonchev–Trinajstić information content (AvgIpc) is 2.78. The summed E-state index contributed by atoms with van der Waals surface area (Å²) in [5.41, 5.74) is 3.74. The van der Waals surface area contributed by atoms with E-state index < -0.39 is 13.9 Å². The van der Waals surface area contributed by atoms with Crippen LogP contribution in [0.1, 0.15) is 15.9 Å². The smallest absolute Gasteiger partial charge is 0.252 e. The van der Waals surface area contributed by atoms with Crippen LogP contribution in [0.25, 0.3) is 22.2 Å². The van der Waals surface area contributed by atoms with Gasteiger partial charge in [-0.2, -0.15) is 13.1 Å². The summed E-state index contributed by atoms with van der Waals surface area (Å²) >= 11 is 0. The van der Waals surface area contributed by atoms with Gasteiger partial charge in [-0.3, -0.25) is 4.79 Å². The van der Waals surface area contributed by atoms with E-state index in [1.807, 2.05) is 12.1 Å². The molecule has 7 heteroatoms. The maximum absolute atomic E-state index is 13.8. The molecule has 0 atom stereocenters. The second-order valence-electron chi connectivity index (χ2n) is 9.33. The van der Waals surface area contributed by atoms with E-state index in [1.54, 1.807) is 12.1 Å². The van der Waals surface area contributed by atoms with Gasteiger partial charge in [0.15, 0.2) is 0 Å². The van der Waals surface area contributed by atoms with Crippen LogP contribution in [-0.2, 0) is 6.54 Å². The van der Waals surface area contributed by atoms with E-state index in [0.717, 1.165) is 12.1 Å². The van der Waals surface area contributed by atoms with Crippen LogP contribution in [-0.4, -0.2) is 55.2 Å². The molecule has 0 unspecified atom stereocenters. The molecule has 1 amide bonds. The summed E-state index contributed by atoms with van der Waals surface area (Å²) in [4.78, 5) is 19.9. The highest BCUT2D eigenvalue weighted by atomic mass is 28.3. The van der Waals surface area contributed by atoms with Gasteiger partial charge < -0.3 is 15.3 Å². The number of nitrogens with zero attached hydrogens (tertiary/aromatic N) is 2. The molecule has 169 valence electrons. The SMILES string of the molecule is C[Si-]1(C)CCN(Cc2ccc(-c3cc(C(=O)NCCO)c4cc(F)ccc4n3)cc2)CC1. The molecule has 5 nitrogen and oxygen atoms in total. The lowest BCUT2D eigenvalue weighted by molar-refractivity contribution is 0.0946. The Balaban J connectivity index is 1.59. The third kappa shape index (κ3) is 5.23. The number of aliphatic hydroxyl groups is 1. The largest absolute Gasteiger partial charge is 0.395 e. The van der Waals surface area contributed by atoms with E-state index in [2.05, 4.69) is 40.4 Å². The molecule has 2 heterocycles. The number of amides is 1. The standard InChI is InChI=1S/C25H30FN3O2Si/c1-32(2)13-10-29(11-14-32)17-18-3-5-19(6-4-18)24-16-22(25(31)27-9-12-30)21-15-20(26)7-8-23(21)28-24/h3-8,15-16,30H,9-14,17H2,1-2H3,(H,27,31)/q-1. The number of carbonyl (C=O) groups is 1. The number of nitrogens with one attached hydrogen (secondary N) is 1. The number of carbonyl (C=O) groups excluding carboxylic acids is 1. The first-order valence-corrected chi connectivity index (χ1v) is 14.6. The number of hydrogen-bond acceptors (Lipinski definition) is 4. The highest BCUT2D eigenvalue weighted by molar-refractivity contribution is 6.77. The van der Waals surface area contributed by atoms with Crippen molar-refractivity contribution < 1.29 is 14.3 Å². The van der Waals surface area contributed by atoms with Gasteiger partial charge >= 0.3 is 0 Å². The number of hydrogen-bond donors (Lipinski definition) is 2. The van der Waals surface area contributed by atoms with Gasteiger partial charge in [0.05, 0.1) is 23.4 Å². The Kier molecular flexibility index (Phi) is 6.69. The minimum Gasteiger partial charge on any atom is -0.395 e. The summed E-state index contributed by atoms with van der Waals surface area (Å²) in [6.07, 6.45) is 0. The van der Waals surface area contributed by atoms with Crippen molar-refractivity contribution in [1.29, 1.82) is 0 Å². The van der Waals surface area contributed by atoms with Crippen LogP contribution < -0.4 is 5.32 Å². The lowest BCUT2D eigenvalue weighted by atomic mass is 10.0. The van der Waals surface area contributed by atoms with Crippen molar-refractivity contribution in [3.63, 3.8) is 0 Å². The van der Waals surface area contributed by atoms with Crippen LogP contribution >= 0.6 is 0 Å². The Bertz CT molecular complexity index is 1110. The molecule has 3 aromatic rings. The van der Waals surface area contributed by atoms with Gasteiger partial charge in [-0.15, -0.1) is 20.2 Å². The summed E-state index contributed by atoms with van der Waals surface area (Å²) in [5.74, 6) is -0.775. The van der Waals surface area contributed by atoms with E-state index in [0.29, 0.717) is 22.2 Å².